The largest absolute Gasteiger partial charge is 0.491 e. The minimum absolute atomic E-state index is 0.176. The molecule has 0 aromatic heterocycles. The van der Waals surface area contributed by atoms with Crippen molar-refractivity contribution in [2.45, 2.75) is 12.8 Å². The molecule has 148 valence electrons. The van der Waals surface area contributed by atoms with Crippen LogP contribution in [0.1, 0.15) is 22.3 Å². The van der Waals surface area contributed by atoms with Crippen molar-refractivity contribution in [2.75, 3.05) is 11.9 Å². The van der Waals surface area contributed by atoms with Gasteiger partial charge >= 0.3 is 0 Å². The Morgan fingerprint density at radius 3 is 2.41 bits per heavy atom. The summed E-state index contributed by atoms with van der Waals surface area (Å²) in [6, 6.07) is 24.6. The van der Waals surface area contributed by atoms with Gasteiger partial charge in [0.25, 0.3) is 5.91 Å². The van der Waals surface area contributed by atoms with Crippen molar-refractivity contribution < 1.29 is 9.53 Å². The first kappa shape index (κ1) is 20.8. The fraction of sp³-hybridized carbons (Fsp3) is 0.130. The van der Waals surface area contributed by atoms with Crippen LogP contribution in [0.4, 0.5) is 5.69 Å². The molecule has 0 bridgehead atoms. The standard InChI is InChI=1S/C23H21ClN2O2S/c24-19-13-5-4-12-18(19)22(27)26-23(29)25-20-14-6-7-15-21(20)28-16-8-11-17-9-2-1-3-10-17/h1-7,9-10,12-15H,8,11,16H2,(H2,25,26,27,29). The predicted molar refractivity (Wildman–Crippen MR) is 122 cm³/mol. The Hall–Kier alpha value is -2.89. The number of anilines is 1. The summed E-state index contributed by atoms with van der Waals surface area (Å²) in [6.45, 7) is 0.576. The van der Waals surface area contributed by atoms with Crippen molar-refractivity contribution in [2.24, 2.45) is 0 Å². The average Bonchev–Trinajstić information content (AvgIpc) is 2.73. The molecule has 0 atom stereocenters. The molecule has 1 amide bonds. The monoisotopic (exact) mass is 424 g/mol. The first-order valence-corrected chi connectivity index (χ1v) is 10.0. The molecule has 0 aliphatic carbocycles. The highest BCUT2D eigenvalue weighted by Gasteiger charge is 2.12. The number of benzene rings is 3. The van der Waals surface area contributed by atoms with E-state index in [1.807, 2.05) is 42.5 Å². The van der Waals surface area contributed by atoms with E-state index in [4.69, 9.17) is 28.6 Å². The van der Waals surface area contributed by atoms with E-state index in [9.17, 15) is 4.79 Å². The van der Waals surface area contributed by atoms with Crippen molar-refractivity contribution in [3.8, 4) is 5.75 Å². The number of rotatable bonds is 7. The van der Waals surface area contributed by atoms with E-state index in [2.05, 4.69) is 22.8 Å². The number of carbonyl (C=O) groups is 1. The first-order valence-electron chi connectivity index (χ1n) is 9.26. The zero-order valence-electron chi connectivity index (χ0n) is 15.7. The Balaban J connectivity index is 1.53. The van der Waals surface area contributed by atoms with E-state index in [1.54, 1.807) is 24.3 Å². The third-order valence-electron chi connectivity index (χ3n) is 4.19. The van der Waals surface area contributed by atoms with Gasteiger partial charge in [-0.25, -0.2) is 0 Å². The van der Waals surface area contributed by atoms with Crippen LogP contribution in [0.15, 0.2) is 78.9 Å². The van der Waals surface area contributed by atoms with E-state index in [0.717, 1.165) is 12.8 Å². The molecule has 0 heterocycles. The van der Waals surface area contributed by atoms with Crippen LogP contribution in [0.25, 0.3) is 0 Å². The van der Waals surface area contributed by atoms with Gasteiger partial charge in [0, 0.05) is 0 Å². The van der Waals surface area contributed by atoms with Crippen molar-refractivity contribution in [1.29, 1.82) is 0 Å². The third-order valence-corrected chi connectivity index (χ3v) is 4.72. The van der Waals surface area contributed by atoms with Gasteiger partial charge in [0.05, 0.1) is 22.9 Å². The van der Waals surface area contributed by atoms with E-state index >= 15 is 0 Å². The van der Waals surface area contributed by atoms with Crippen molar-refractivity contribution in [3.05, 3.63) is 95.0 Å². The summed E-state index contributed by atoms with van der Waals surface area (Å²) in [4.78, 5) is 12.3. The van der Waals surface area contributed by atoms with E-state index < -0.39 is 0 Å². The number of carbonyl (C=O) groups excluding carboxylic acids is 1. The van der Waals surface area contributed by atoms with Crippen molar-refractivity contribution in [1.82, 2.24) is 5.32 Å². The van der Waals surface area contributed by atoms with E-state index in [-0.39, 0.29) is 11.0 Å². The molecule has 0 spiro atoms. The first-order chi connectivity index (χ1) is 14.1. The topological polar surface area (TPSA) is 50.4 Å². The summed E-state index contributed by atoms with van der Waals surface area (Å²) < 4.78 is 5.91. The van der Waals surface area contributed by atoms with Gasteiger partial charge in [-0.15, -0.1) is 0 Å². The smallest absolute Gasteiger partial charge is 0.258 e. The molecule has 3 rings (SSSR count). The second kappa shape index (κ2) is 10.6. The zero-order chi connectivity index (χ0) is 20.5. The number of para-hydroxylation sites is 2. The molecule has 0 radical (unpaired) electrons. The molecule has 0 aliphatic heterocycles. The Morgan fingerprint density at radius 1 is 0.931 bits per heavy atom. The highest BCUT2D eigenvalue weighted by Crippen LogP contribution is 2.24. The van der Waals surface area contributed by atoms with Crippen LogP contribution in [0.2, 0.25) is 5.02 Å². The van der Waals surface area contributed by atoms with Crippen molar-refractivity contribution >= 4 is 40.5 Å². The fourth-order valence-electron chi connectivity index (χ4n) is 2.77. The van der Waals surface area contributed by atoms with E-state index in [0.29, 0.717) is 28.6 Å². The number of amides is 1. The maximum Gasteiger partial charge on any atom is 0.258 e. The lowest BCUT2D eigenvalue weighted by molar-refractivity contribution is 0.0978. The minimum Gasteiger partial charge on any atom is -0.491 e. The normalized spacial score (nSPS) is 10.2. The van der Waals surface area contributed by atoms with Gasteiger partial charge in [-0.3, -0.25) is 10.1 Å². The number of hydrogen-bond donors (Lipinski definition) is 2. The third kappa shape index (κ3) is 6.31. The minimum atomic E-state index is -0.366. The lowest BCUT2D eigenvalue weighted by atomic mass is 10.1. The Labute approximate surface area is 180 Å². The molecule has 29 heavy (non-hydrogen) atoms. The second-order valence-electron chi connectivity index (χ2n) is 6.32. The summed E-state index contributed by atoms with van der Waals surface area (Å²) in [6.07, 6.45) is 1.84. The molecule has 0 aliphatic rings. The molecule has 3 aromatic carbocycles. The molecule has 0 saturated heterocycles. The van der Waals surface area contributed by atoms with Crippen LogP contribution in [0.3, 0.4) is 0 Å². The molecule has 2 N–H and O–H groups in total. The average molecular weight is 425 g/mol. The van der Waals surface area contributed by atoms with Gasteiger partial charge in [-0.2, -0.15) is 0 Å². The Morgan fingerprint density at radius 2 is 1.62 bits per heavy atom. The second-order valence-corrected chi connectivity index (χ2v) is 7.14. The molecular weight excluding hydrogens is 404 g/mol. The molecule has 0 unspecified atom stereocenters. The Bertz CT molecular complexity index is 979. The van der Waals surface area contributed by atoms with Crippen LogP contribution >= 0.6 is 23.8 Å². The summed E-state index contributed by atoms with van der Waals surface area (Å²) in [7, 11) is 0. The van der Waals surface area contributed by atoms with Gasteiger partial charge in [0.15, 0.2) is 5.11 Å². The summed E-state index contributed by atoms with van der Waals surface area (Å²) in [5.74, 6) is 0.310. The van der Waals surface area contributed by atoms with Gasteiger partial charge in [-0.1, -0.05) is 66.2 Å². The number of thiocarbonyl (C=S) groups is 1. The van der Waals surface area contributed by atoms with Gasteiger partial charge < -0.3 is 10.1 Å². The van der Waals surface area contributed by atoms with Gasteiger partial charge in [0.2, 0.25) is 0 Å². The van der Waals surface area contributed by atoms with Crippen LogP contribution in [0, 0.1) is 0 Å². The van der Waals surface area contributed by atoms with Gasteiger partial charge in [-0.05, 0) is 54.9 Å². The van der Waals surface area contributed by atoms with Crippen LogP contribution in [-0.2, 0) is 6.42 Å². The maximum absolute atomic E-state index is 12.3. The molecule has 0 fully saturated rings. The summed E-state index contributed by atoms with van der Waals surface area (Å²) >= 11 is 11.3. The quantitative estimate of drug-likeness (QED) is 0.389. The molecule has 3 aromatic rings. The maximum atomic E-state index is 12.3. The van der Waals surface area contributed by atoms with Crippen LogP contribution in [-0.4, -0.2) is 17.6 Å². The SMILES string of the molecule is O=C(NC(=S)Nc1ccccc1OCCCc1ccccc1)c1ccccc1Cl. The number of nitrogens with one attached hydrogen (secondary N) is 2. The van der Waals surface area contributed by atoms with Crippen molar-refractivity contribution in [3.63, 3.8) is 0 Å². The van der Waals surface area contributed by atoms with Gasteiger partial charge in [0.1, 0.15) is 5.75 Å². The molecular formula is C23H21ClN2O2S. The summed E-state index contributed by atoms with van der Waals surface area (Å²) in [5, 5.41) is 6.21. The number of aryl methyl sites for hydroxylation is 1. The summed E-state index contributed by atoms with van der Waals surface area (Å²) in [5.41, 5.74) is 2.34. The number of ether oxygens (including phenoxy) is 1. The highest BCUT2D eigenvalue weighted by molar-refractivity contribution is 7.80. The van der Waals surface area contributed by atoms with E-state index in [1.165, 1.54) is 5.56 Å². The number of hydrogen-bond acceptors (Lipinski definition) is 3. The van der Waals surface area contributed by atoms with Crippen LogP contribution < -0.4 is 15.4 Å². The lowest BCUT2D eigenvalue weighted by Crippen LogP contribution is -2.34. The fourth-order valence-corrected chi connectivity index (χ4v) is 3.19. The molecule has 4 nitrogen and oxygen atoms in total. The lowest BCUT2D eigenvalue weighted by Gasteiger charge is -2.14. The number of halogens is 1. The predicted octanol–water partition coefficient (Wildman–Crippen LogP) is 5.48. The molecule has 6 heteroatoms. The van der Waals surface area contributed by atoms with Crippen LogP contribution in [0.5, 0.6) is 5.75 Å². The zero-order valence-corrected chi connectivity index (χ0v) is 17.3. The Kier molecular flexibility index (Phi) is 7.61. The molecule has 0 saturated carbocycles. The highest BCUT2D eigenvalue weighted by atomic mass is 35.5.